The Labute approximate surface area is 169 Å². The highest BCUT2D eigenvalue weighted by Crippen LogP contribution is 2.24. The first kappa shape index (κ1) is 20.1. The van der Waals surface area contributed by atoms with Gasteiger partial charge in [-0.15, -0.1) is 0 Å². The number of thioether (sulfide) groups is 1. The van der Waals surface area contributed by atoms with Crippen LogP contribution in [0.25, 0.3) is 10.9 Å². The summed E-state index contributed by atoms with van der Waals surface area (Å²) in [6, 6.07) is 10.5. The SMILES string of the molecule is CC[C@H](C)n1cc(/C=N\NC(=O)CSc2nc(C)cc(C)n2)c2ccccc21. The number of rotatable bonds is 7. The minimum Gasteiger partial charge on any atom is -0.344 e. The number of amides is 1. The first-order valence-electron chi connectivity index (χ1n) is 9.34. The van der Waals surface area contributed by atoms with E-state index in [9.17, 15) is 4.79 Å². The second-order valence-corrected chi connectivity index (χ2v) is 7.72. The molecule has 2 aromatic heterocycles. The molecule has 7 heteroatoms. The fourth-order valence-corrected chi connectivity index (χ4v) is 3.73. The Balaban J connectivity index is 1.65. The fourth-order valence-electron chi connectivity index (χ4n) is 2.99. The summed E-state index contributed by atoms with van der Waals surface area (Å²) in [5, 5.41) is 5.87. The zero-order valence-electron chi connectivity index (χ0n) is 16.6. The van der Waals surface area contributed by atoms with Gasteiger partial charge in [-0.05, 0) is 39.3 Å². The molecular weight excluding hydrogens is 370 g/mol. The summed E-state index contributed by atoms with van der Waals surface area (Å²) in [5.74, 6) is 0.0316. The number of carbonyl (C=O) groups excluding carboxylic acids is 1. The molecule has 0 spiro atoms. The van der Waals surface area contributed by atoms with E-state index >= 15 is 0 Å². The predicted octanol–water partition coefficient (Wildman–Crippen LogP) is 4.26. The van der Waals surface area contributed by atoms with Gasteiger partial charge < -0.3 is 4.57 Å². The maximum atomic E-state index is 12.1. The molecule has 28 heavy (non-hydrogen) atoms. The molecule has 0 saturated carbocycles. The Morgan fingerprint density at radius 2 is 2.00 bits per heavy atom. The first-order chi connectivity index (χ1) is 13.5. The van der Waals surface area contributed by atoms with Gasteiger partial charge in [-0.25, -0.2) is 15.4 Å². The molecule has 1 aromatic carbocycles. The predicted molar refractivity (Wildman–Crippen MR) is 115 cm³/mol. The van der Waals surface area contributed by atoms with Crippen molar-refractivity contribution in [2.24, 2.45) is 5.10 Å². The van der Waals surface area contributed by atoms with Crippen molar-refractivity contribution in [2.75, 3.05) is 5.75 Å². The van der Waals surface area contributed by atoms with Gasteiger partial charge in [-0.1, -0.05) is 36.9 Å². The van der Waals surface area contributed by atoms with Crippen molar-refractivity contribution in [3.05, 3.63) is 53.5 Å². The van der Waals surface area contributed by atoms with Crippen LogP contribution in [0.5, 0.6) is 0 Å². The highest BCUT2D eigenvalue weighted by atomic mass is 32.2. The molecule has 146 valence electrons. The van der Waals surface area contributed by atoms with E-state index in [1.165, 1.54) is 17.3 Å². The van der Waals surface area contributed by atoms with E-state index in [4.69, 9.17) is 0 Å². The van der Waals surface area contributed by atoms with Crippen LogP contribution in [0.4, 0.5) is 0 Å². The lowest BCUT2D eigenvalue weighted by molar-refractivity contribution is -0.118. The Morgan fingerprint density at radius 3 is 2.71 bits per heavy atom. The molecule has 1 atom stereocenters. The lowest BCUT2D eigenvalue weighted by atomic mass is 10.2. The van der Waals surface area contributed by atoms with Crippen molar-refractivity contribution in [3.8, 4) is 0 Å². The van der Waals surface area contributed by atoms with Crippen molar-refractivity contribution in [2.45, 2.75) is 45.3 Å². The molecule has 3 rings (SSSR count). The maximum absolute atomic E-state index is 12.1. The van der Waals surface area contributed by atoms with E-state index in [0.717, 1.165) is 28.8 Å². The second-order valence-electron chi connectivity index (χ2n) is 6.78. The molecule has 0 bridgehead atoms. The molecule has 0 radical (unpaired) electrons. The van der Waals surface area contributed by atoms with Crippen LogP contribution in [-0.2, 0) is 4.79 Å². The van der Waals surface area contributed by atoms with Crippen molar-refractivity contribution in [3.63, 3.8) is 0 Å². The third-order valence-corrected chi connectivity index (χ3v) is 5.37. The van der Waals surface area contributed by atoms with E-state index < -0.39 is 0 Å². The monoisotopic (exact) mass is 395 g/mol. The van der Waals surface area contributed by atoms with Gasteiger partial charge in [-0.2, -0.15) is 5.10 Å². The molecule has 0 fully saturated rings. The number of hydrogen-bond acceptors (Lipinski definition) is 5. The van der Waals surface area contributed by atoms with Gasteiger partial charge in [0.15, 0.2) is 5.16 Å². The smallest absolute Gasteiger partial charge is 0.250 e. The maximum Gasteiger partial charge on any atom is 0.250 e. The van der Waals surface area contributed by atoms with Gasteiger partial charge in [0.05, 0.1) is 12.0 Å². The molecule has 1 N–H and O–H groups in total. The summed E-state index contributed by atoms with van der Waals surface area (Å²) in [5.41, 5.74) is 6.54. The first-order valence-corrected chi connectivity index (χ1v) is 10.3. The van der Waals surface area contributed by atoms with E-state index in [1.807, 2.05) is 32.0 Å². The van der Waals surface area contributed by atoms with Crippen molar-refractivity contribution < 1.29 is 4.79 Å². The van der Waals surface area contributed by atoms with Crippen LogP contribution in [0.3, 0.4) is 0 Å². The zero-order valence-corrected chi connectivity index (χ0v) is 17.5. The standard InChI is InChI=1S/C21H25N5OS/c1-5-16(4)26-12-17(18-8-6-7-9-19(18)26)11-22-25-20(27)13-28-21-23-14(2)10-15(3)24-21/h6-12,16H,5,13H2,1-4H3,(H,25,27)/b22-11-/t16-/m0/s1. The third kappa shape index (κ3) is 4.78. The van der Waals surface area contributed by atoms with Crippen LogP contribution in [0, 0.1) is 13.8 Å². The molecule has 2 heterocycles. The van der Waals surface area contributed by atoms with E-state index in [-0.39, 0.29) is 11.7 Å². The van der Waals surface area contributed by atoms with E-state index in [0.29, 0.717) is 11.2 Å². The van der Waals surface area contributed by atoms with Crippen LogP contribution < -0.4 is 5.43 Å². The third-order valence-electron chi connectivity index (χ3n) is 4.52. The number of hydrogen-bond donors (Lipinski definition) is 1. The summed E-state index contributed by atoms with van der Waals surface area (Å²) in [6.45, 7) is 8.20. The summed E-state index contributed by atoms with van der Waals surface area (Å²) in [6.07, 6.45) is 4.84. The van der Waals surface area contributed by atoms with Gasteiger partial charge in [0.1, 0.15) is 0 Å². The van der Waals surface area contributed by atoms with Crippen LogP contribution in [-0.4, -0.2) is 32.4 Å². The van der Waals surface area contributed by atoms with Crippen molar-refractivity contribution in [1.82, 2.24) is 20.0 Å². The van der Waals surface area contributed by atoms with Crippen LogP contribution in [0.2, 0.25) is 0 Å². The van der Waals surface area contributed by atoms with Crippen LogP contribution in [0.1, 0.15) is 43.3 Å². The Morgan fingerprint density at radius 1 is 1.29 bits per heavy atom. The van der Waals surface area contributed by atoms with Gasteiger partial charge in [0.25, 0.3) is 5.91 Å². The molecule has 0 aliphatic carbocycles. The lowest BCUT2D eigenvalue weighted by Gasteiger charge is -2.12. The Bertz CT molecular complexity index is 991. The number of nitrogens with zero attached hydrogens (tertiary/aromatic N) is 4. The molecule has 3 aromatic rings. The van der Waals surface area contributed by atoms with Crippen molar-refractivity contribution >= 4 is 34.8 Å². The van der Waals surface area contributed by atoms with Gasteiger partial charge in [0, 0.05) is 40.1 Å². The van der Waals surface area contributed by atoms with Crippen molar-refractivity contribution in [1.29, 1.82) is 0 Å². The highest BCUT2D eigenvalue weighted by Gasteiger charge is 2.10. The topological polar surface area (TPSA) is 72.2 Å². The number of para-hydroxylation sites is 1. The summed E-state index contributed by atoms with van der Waals surface area (Å²) >= 11 is 1.30. The molecule has 0 aliphatic heterocycles. The minimum absolute atomic E-state index is 0.185. The van der Waals surface area contributed by atoms with Gasteiger partial charge in [0.2, 0.25) is 0 Å². The van der Waals surface area contributed by atoms with E-state index in [2.05, 4.69) is 57.2 Å². The normalized spacial score (nSPS) is 12.6. The average Bonchev–Trinajstić information content (AvgIpc) is 3.04. The quantitative estimate of drug-likeness (QED) is 0.281. The number of benzene rings is 1. The number of nitrogens with one attached hydrogen (secondary N) is 1. The summed E-state index contributed by atoms with van der Waals surface area (Å²) in [4.78, 5) is 20.7. The number of aryl methyl sites for hydroxylation is 2. The largest absolute Gasteiger partial charge is 0.344 e. The number of aromatic nitrogens is 3. The number of fused-ring (bicyclic) bond motifs is 1. The molecule has 6 nitrogen and oxygen atoms in total. The molecule has 0 unspecified atom stereocenters. The molecule has 1 amide bonds. The number of hydrazone groups is 1. The molecule has 0 saturated heterocycles. The number of carbonyl (C=O) groups is 1. The van der Waals surface area contributed by atoms with Crippen LogP contribution >= 0.6 is 11.8 Å². The van der Waals surface area contributed by atoms with E-state index in [1.54, 1.807) is 6.21 Å². The molecule has 0 aliphatic rings. The minimum atomic E-state index is -0.185. The second kappa shape index (κ2) is 9.01. The lowest BCUT2D eigenvalue weighted by Crippen LogP contribution is -2.19. The fraction of sp³-hybridized carbons (Fsp3) is 0.333. The molecular formula is C21H25N5OS. The average molecular weight is 396 g/mol. The van der Waals surface area contributed by atoms with Crippen LogP contribution in [0.15, 0.2) is 46.8 Å². The van der Waals surface area contributed by atoms with Gasteiger partial charge in [-0.3, -0.25) is 4.79 Å². The Hall–Kier alpha value is -2.67. The Kier molecular flexibility index (Phi) is 6.46. The zero-order chi connectivity index (χ0) is 20.1. The summed E-state index contributed by atoms with van der Waals surface area (Å²) in [7, 11) is 0. The van der Waals surface area contributed by atoms with Gasteiger partial charge >= 0.3 is 0 Å². The summed E-state index contributed by atoms with van der Waals surface area (Å²) < 4.78 is 2.26. The highest BCUT2D eigenvalue weighted by molar-refractivity contribution is 7.99.